The maximum absolute atomic E-state index is 12.1. The molecule has 154 valence electrons. The predicted octanol–water partition coefficient (Wildman–Crippen LogP) is 3.53. The second kappa shape index (κ2) is 10.5. The monoisotopic (exact) mass is 441 g/mol. The molecule has 0 heterocycles. The van der Waals surface area contributed by atoms with Gasteiger partial charge in [-0.3, -0.25) is 30.6 Å². The van der Waals surface area contributed by atoms with Gasteiger partial charge < -0.3 is 9.47 Å². The number of nitrogens with zero attached hydrogens (tertiary/aromatic N) is 1. The Labute approximate surface area is 176 Å². The van der Waals surface area contributed by atoms with Crippen LogP contribution in [0.4, 0.5) is 5.69 Å². The first-order valence-corrected chi connectivity index (χ1v) is 9.07. The summed E-state index contributed by atoms with van der Waals surface area (Å²) in [4.78, 5) is 34.2. The molecule has 2 rings (SSSR count). The molecule has 0 fully saturated rings. The molecule has 9 nitrogen and oxygen atoms in total. The van der Waals surface area contributed by atoms with Crippen molar-refractivity contribution in [2.75, 3.05) is 13.7 Å². The molecule has 2 N–H and O–H groups in total. The number of rotatable bonds is 8. The van der Waals surface area contributed by atoms with E-state index >= 15 is 0 Å². The van der Waals surface area contributed by atoms with Crippen molar-refractivity contribution in [1.82, 2.24) is 10.9 Å². The second-order valence-electron chi connectivity index (χ2n) is 5.67. The minimum atomic E-state index is -0.701. The Morgan fingerprint density at radius 1 is 1.10 bits per heavy atom. The Morgan fingerprint density at radius 2 is 1.83 bits per heavy atom. The van der Waals surface area contributed by atoms with Gasteiger partial charge in [0.05, 0.1) is 23.7 Å². The number of hydrogen-bond acceptors (Lipinski definition) is 6. The van der Waals surface area contributed by atoms with Gasteiger partial charge in [-0.25, -0.2) is 0 Å². The average Bonchev–Trinajstić information content (AvgIpc) is 2.70. The SMILES string of the molecule is COc1ccc(C(=O)NNC(=O)CCCOc2ccc(Cl)cc2Cl)cc1[N+](=O)[O-]. The number of halogens is 2. The van der Waals surface area contributed by atoms with Crippen molar-refractivity contribution in [2.45, 2.75) is 12.8 Å². The molecule has 0 saturated carbocycles. The molecule has 0 aliphatic rings. The first-order valence-electron chi connectivity index (χ1n) is 8.31. The lowest BCUT2D eigenvalue weighted by atomic mass is 10.2. The van der Waals surface area contributed by atoms with E-state index in [9.17, 15) is 19.7 Å². The molecule has 11 heteroatoms. The highest BCUT2D eigenvalue weighted by Crippen LogP contribution is 2.28. The average molecular weight is 442 g/mol. The topological polar surface area (TPSA) is 120 Å². The maximum atomic E-state index is 12.1. The highest BCUT2D eigenvalue weighted by molar-refractivity contribution is 6.35. The zero-order chi connectivity index (χ0) is 21.4. The summed E-state index contributed by atoms with van der Waals surface area (Å²) in [6, 6.07) is 8.51. The zero-order valence-electron chi connectivity index (χ0n) is 15.2. The van der Waals surface area contributed by atoms with Gasteiger partial charge in [0.25, 0.3) is 5.91 Å². The summed E-state index contributed by atoms with van der Waals surface area (Å²) in [5, 5.41) is 11.9. The number of benzene rings is 2. The van der Waals surface area contributed by atoms with Crippen molar-refractivity contribution in [3.63, 3.8) is 0 Å². The molecule has 2 aromatic carbocycles. The Balaban J connectivity index is 1.78. The van der Waals surface area contributed by atoms with Gasteiger partial charge in [0.2, 0.25) is 5.91 Å². The molecule has 2 amide bonds. The van der Waals surface area contributed by atoms with Gasteiger partial charge in [-0.2, -0.15) is 0 Å². The summed E-state index contributed by atoms with van der Waals surface area (Å²) in [5.74, 6) is -0.678. The molecular formula is C18H17Cl2N3O6. The fraction of sp³-hybridized carbons (Fsp3) is 0.222. The lowest BCUT2D eigenvalue weighted by Crippen LogP contribution is -2.41. The smallest absolute Gasteiger partial charge is 0.311 e. The first kappa shape index (κ1) is 22.3. The van der Waals surface area contributed by atoms with E-state index in [1.54, 1.807) is 18.2 Å². The number of carbonyl (C=O) groups excluding carboxylic acids is 2. The molecule has 0 aromatic heterocycles. The van der Waals surface area contributed by atoms with Gasteiger partial charge in [-0.1, -0.05) is 23.2 Å². The van der Waals surface area contributed by atoms with Gasteiger partial charge in [-0.15, -0.1) is 0 Å². The van der Waals surface area contributed by atoms with Crippen LogP contribution in [0.15, 0.2) is 36.4 Å². The van der Waals surface area contributed by atoms with E-state index in [0.29, 0.717) is 22.2 Å². The number of amides is 2. The lowest BCUT2D eigenvalue weighted by molar-refractivity contribution is -0.385. The van der Waals surface area contributed by atoms with Crippen LogP contribution in [0.1, 0.15) is 23.2 Å². The van der Waals surface area contributed by atoms with Gasteiger partial charge >= 0.3 is 5.69 Å². The van der Waals surface area contributed by atoms with Crippen molar-refractivity contribution in [3.8, 4) is 11.5 Å². The number of ether oxygens (including phenoxy) is 2. The molecule has 0 atom stereocenters. The van der Waals surface area contributed by atoms with Crippen LogP contribution in [-0.4, -0.2) is 30.5 Å². The van der Waals surface area contributed by atoms with Gasteiger partial charge in [0, 0.05) is 23.1 Å². The van der Waals surface area contributed by atoms with Crippen molar-refractivity contribution in [2.24, 2.45) is 0 Å². The maximum Gasteiger partial charge on any atom is 0.311 e. The van der Waals surface area contributed by atoms with E-state index in [1.165, 1.54) is 19.2 Å². The van der Waals surface area contributed by atoms with Gasteiger partial charge in [0.15, 0.2) is 5.75 Å². The van der Waals surface area contributed by atoms with E-state index in [2.05, 4.69) is 10.9 Å². The second-order valence-corrected chi connectivity index (χ2v) is 6.52. The Bertz CT molecular complexity index is 922. The van der Waals surface area contributed by atoms with E-state index < -0.39 is 16.7 Å². The standard InChI is InChI=1S/C18H17Cl2N3O6/c1-28-16-6-4-11(9-14(16)23(26)27)18(25)22-21-17(24)3-2-8-29-15-7-5-12(19)10-13(15)20/h4-7,9-10H,2-3,8H2,1H3,(H,21,24)(H,22,25). The summed E-state index contributed by atoms with van der Waals surface area (Å²) < 4.78 is 10.3. The molecular weight excluding hydrogens is 425 g/mol. The van der Waals surface area contributed by atoms with Crippen LogP contribution in [0.2, 0.25) is 10.0 Å². The van der Waals surface area contributed by atoms with Crippen LogP contribution >= 0.6 is 23.2 Å². The predicted molar refractivity (Wildman–Crippen MR) is 106 cm³/mol. The Hall–Kier alpha value is -3.04. The summed E-state index contributed by atoms with van der Waals surface area (Å²) >= 11 is 11.8. The number of nitrogens with one attached hydrogen (secondary N) is 2. The number of nitro groups is 1. The molecule has 0 saturated heterocycles. The Kier molecular flexibility index (Phi) is 8.05. The lowest BCUT2D eigenvalue weighted by Gasteiger charge is -2.10. The van der Waals surface area contributed by atoms with Crippen molar-refractivity contribution < 1.29 is 24.0 Å². The molecule has 2 aromatic rings. The third kappa shape index (κ3) is 6.51. The van der Waals surface area contributed by atoms with Crippen molar-refractivity contribution in [1.29, 1.82) is 0 Å². The number of carbonyl (C=O) groups is 2. The molecule has 0 aliphatic heterocycles. The minimum absolute atomic E-state index is 0.00138. The van der Waals surface area contributed by atoms with Crippen LogP contribution in [0, 0.1) is 10.1 Å². The van der Waals surface area contributed by atoms with Gasteiger partial charge in [-0.05, 0) is 36.8 Å². The van der Waals surface area contributed by atoms with Crippen LogP contribution < -0.4 is 20.3 Å². The highest BCUT2D eigenvalue weighted by atomic mass is 35.5. The number of methoxy groups -OCH3 is 1. The van der Waals surface area contributed by atoms with Crippen LogP contribution in [-0.2, 0) is 4.79 Å². The molecule has 0 spiro atoms. The molecule has 0 unspecified atom stereocenters. The van der Waals surface area contributed by atoms with Crippen LogP contribution in [0.3, 0.4) is 0 Å². The molecule has 29 heavy (non-hydrogen) atoms. The number of nitro benzene ring substituents is 1. The normalized spacial score (nSPS) is 10.2. The quantitative estimate of drug-likeness (QED) is 0.367. The Morgan fingerprint density at radius 3 is 2.48 bits per heavy atom. The molecule has 0 bridgehead atoms. The van der Waals surface area contributed by atoms with E-state index in [-0.39, 0.29) is 30.0 Å². The summed E-state index contributed by atoms with van der Waals surface area (Å²) in [6.45, 7) is 0.230. The van der Waals surface area contributed by atoms with E-state index in [4.69, 9.17) is 32.7 Å². The summed E-state index contributed by atoms with van der Waals surface area (Å²) in [6.07, 6.45) is 0.447. The molecule has 0 radical (unpaired) electrons. The zero-order valence-corrected chi connectivity index (χ0v) is 16.7. The van der Waals surface area contributed by atoms with Crippen molar-refractivity contribution >= 4 is 40.7 Å². The number of hydrogen-bond donors (Lipinski definition) is 2. The highest BCUT2D eigenvalue weighted by Gasteiger charge is 2.18. The van der Waals surface area contributed by atoms with Crippen LogP contribution in [0.5, 0.6) is 11.5 Å². The summed E-state index contributed by atoms with van der Waals surface area (Å²) in [5.41, 5.74) is 4.08. The van der Waals surface area contributed by atoms with E-state index in [0.717, 1.165) is 6.07 Å². The third-order valence-corrected chi connectivity index (χ3v) is 4.18. The minimum Gasteiger partial charge on any atom is -0.492 e. The first-order chi connectivity index (χ1) is 13.8. The fourth-order valence-corrected chi connectivity index (χ4v) is 2.71. The van der Waals surface area contributed by atoms with Crippen molar-refractivity contribution in [3.05, 3.63) is 62.1 Å². The number of hydrazine groups is 1. The van der Waals surface area contributed by atoms with E-state index in [1.807, 2.05) is 0 Å². The fourth-order valence-electron chi connectivity index (χ4n) is 2.24. The third-order valence-electron chi connectivity index (χ3n) is 3.65. The van der Waals surface area contributed by atoms with Crippen LogP contribution in [0.25, 0.3) is 0 Å². The largest absolute Gasteiger partial charge is 0.492 e. The molecule has 0 aliphatic carbocycles. The van der Waals surface area contributed by atoms with Gasteiger partial charge in [0.1, 0.15) is 5.75 Å². The summed E-state index contributed by atoms with van der Waals surface area (Å²) in [7, 11) is 1.28.